The van der Waals surface area contributed by atoms with Crippen molar-refractivity contribution in [3.05, 3.63) is 42.2 Å². The van der Waals surface area contributed by atoms with Gasteiger partial charge in [-0.25, -0.2) is 15.0 Å². The van der Waals surface area contributed by atoms with E-state index < -0.39 is 0 Å². The summed E-state index contributed by atoms with van der Waals surface area (Å²) in [6.07, 6.45) is 10.9. The van der Waals surface area contributed by atoms with Crippen molar-refractivity contribution >= 4 is 17.7 Å². The van der Waals surface area contributed by atoms with Crippen LogP contribution in [0.3, 0.4) is 0 Å². The summed E-state index contributed by atoms with van der Waals surface area (Å²) in [5.74, 6) is 1.47. The molecule has 3 aliphatic rings. The predicted molar refractivity (Wildman–Crippen MR) is 103 cm³/mol. The molecule has 5 rings (SSSR count). The van der Waals surface area contributed by atoms with Gasteiger partial charge in [0.25, 0.3) is 5.91 Å². The fraction of sp³-hybridized carbons (Fsp3) is 0.526. The number of fused-ring (bicyclic) bond motifs is 4. The number of carbonyl (C=O) groups excluding carboxylic acids is 1. The van der Waals surface area contributed by atoms with Crippen molar-refractivity contribution in [3.63, 3.8) is 0 Å². The van der Waals surface area contributed by atoms with Crippen molar-refractivity contribution in [1.29, 1.82) is 0 Å². The highest BCUT2D eigenvalue weighted by Crippen LogP contribution is 2.29. The Balaban J connectivity index is 1.44. The molecule has 0 aliphatic carbocycles. The number of rotatable bonds is 5. The molecule has 7 nitrogen and oxygen atoms in total. The number of nitrogens with zero attached hydrogens (tertiary/aromatic N) is 6. The van der Waals surface area contributed by atoms with Crippen LogP contribution in [0.5, 0.6) is 0 Å². The third-order valence-corrected chi connectivity index (χ3v) is 5.99. The molecule has 0 N–H and O–H groups in total. The summed E-state index contributed by atoms with van der Waals surface area (Å²) < 4.78 is 0. The van der Waals surface area contributed by atoms with Gasteiger partial charge in [-0.1, -0.05) is 18.7 Å². The monoisotopic (exact) mass is 384 g/mol. The van der Waals surface area contributed by atoms with E-state index >= 15 is 0 Å². The van der Waals surface area contributed by atoms with Crippen molar-refractivity contribution in [3.8, 4) is 0 Å². The van der Waals surface area contributed by atoms with Crippen LogP contribution >= 0.6 is 11.8 Å². The topological polar surface area (TPSA) is 75.1 Å². The van der Waals surface area contributed by atoms with Crippen LogP contribution in [0, 0.1) is 5.92 Å². The van der Waals surface area contributed by atoms with Crippen LogP contribution in [-0.2, 0) is 6.54 Å². The second-order valence-corrected chi connectivity index (χ2v) is 8.37. The highest BCUT2D eigenvalue weighted by molar-refractivity contribution is 7.99. The number of piperidine rings is 1. The fourth-order valence-corrected chi connectivity index (χ4v) is 4.49. The minimum absolute atomic E-state index is 0.00822. The Labute approximate surface area is 163 Å². The summed E-state index contributed by atoms with van der Waals surface area (Å²) in [5.41, 5.74) is 1.57. The van der Waals surface area contributed by atoms with Crippen LogP contribution in [0.15, 0.2) is 36.1 Å². The highest BCUT2D eigenvalue weighted by atomic mass is 32.2. The van der Waals surface area contributed by atoms with E-state index in [-0.39, 0.29) is 5.91 Å². The lowest BCUT2D eigenvalue weighted by Crippen LogP contribution is -2.44. The van der Waals surface area contributed by atoms with Gasteiger partial charge in [0.15, 0.2) is 5.16 Å². The lowest BCUT2D eigenvalue weighted by molar-refractivity contribution is 0.0729. The molecule has 1 amide bonds. The number of hydrogen-bond acceptors (Lipinski definition) is 7. The van der Waals surface area contributed by atoms with Crippen LogP contribution in [-0.4, -0.2) is 67.1 Å². The molecule has 27 heavy (non-hydrogen) atoms. The second kappa shape index (κ2) is 8.31. The molecule has 3 saturated heterocycles. The molecule has 2 unspecified atom stereocenters. The third-order valence-electron chi connectivity index (χ3n) is 5.24. The van der Waals surface area contributed by atoms with E-state index in [1.807, 2.05) is 17.3 Å². The van der Waals surface area contributed by atoms with Crippen LogP contribution in [0.25, 0.3) is 0 Å². The second-order valence-electron chi connectivity index (χ2n) is 7.13. The first-order valence-corrected chi connectivity index (χ1v) is 10.4. The molecule has 8 heteroatoms. The van der Waals surface area contributed by atoms with Gasteiger partial charge in [0.1, 0.15) is 5.69 Å². The van der Waals surface area contributed by atoms with E-state index in [4.69, 9.17) is 0 Å². The number of aromatic nitrogens is 4. The van der Waals surface area contributed by atoms with Crippen molar-refractivity contribution in [1.82, 2.24) is 29.7 Å². The van der Waals surface area contributed by atoms with Crippen LogP contribution in [0.2, 0.25) is 0 Å². The van der Waals surface area contributed by atoms with E-state index in [0.717, 1.165) is 49.1 Å². The van der Waals surface area contributed by atoms with Gasteiger partial charge >= 0.3 is 0 Å². The minimum atomic E-state index is -0.00822. The molecule has 2 aromatic heterocycles. The maximum absolute atomic E-state index is 12.8. The fourth-order valence-electron chi connectivity index (χ4n) is 3.97. The Morgan fingerprint density at radius 2 is 1.96 bits per heavy atom. The SMILES string of the molecule is CCSc1ncc(CN2CC3CCC2CN(C(=O)c2cnccn2)C3)cn1. The predicted octanol–water partition coefficient (Wildman–Crippen LogP) is 2.12. The van der Waals surface area contributed by atoms with E-state index in [9.17, 15) is 4.79 Å². The number of thioether (sulfide) groups is 1. The summed E-state index contributed by atoms with van der Waals surface area (Å²) in [6.45, 7) is 5.50. The number of amides is 1. The summed E-state index contributed by atoms with van der Waals surface area (Å²) in [7, 11) is 0. The van der Waals surface area contributed by atoms with Crippen molar-refractivity contribution in [2.75, 3.05) is 25.4 Å². The Bertz CT molecular complexity index is 772. The minimum Gasteiger partial charge on any atom is -0.335 e. The van der Waals surface area contributed by atoms with Crippen molar-refractivity contribution < 1.29 is 4.79 Å². The Morgan fingerprint density at radius 1 is 1.11 bits per heavy atom. The molecule has 0 spiro atoms. The van der Waals surface area contributed by atoms with Crippen molar-refractivity contribution in [2.45, 2.75) is 37.5 Å². The zero-order valence-electron chi connectivity index (χ0n) is 15.5. The first-order chi connectivity index (χ1) is 13.2. The average molecular weight is 385 g/mol. The van der Waals surface area contributed by atoms with E-state index in [1.165, 1.54) is 6.42 Å². The molecule has 142 valence electrons. The Hall–Kier alpha value is -2.06. The maximum atomic E-state index is 12.8. The molecule has 2 bridgehead atoms. The molecular formula is C19H24N6OS. The zero-order valence-corrected chi connectivity index (χ0v) is 16.3. The summed E-state index contributed by atoms with van der Waals surface area (Å²) in [4.78, 5) is 34.4. The first kappa shape index (κ1) is 18.3. The summed E-state index contributed by atoms with van der Waals surface area (Å²) >= 11 is 1.66. The molecule has 0 radical (unpaired) electrons. The van der Waals surface area contributed by atoms with Gasteiger partial charge in [-0.3, -0.25) is 14.7 Å². The lowest BCUT2D eigenvalue weighted by Gasteiger charge is -2.35. The Kier molecular flexibility index (Phi) is 5.63. The number of carbonyl (C=O) groups is 1. The molecule has 3 aliphatic heterocycles. The van der Waals surface area contributed by atoms with Gasteiger partial charge in [0.05, 0.1) is 6.20 Å². The smallest absolute Gasteiger partial charge is 0.274 e. The third kappa shape index (κ3) is 4.27. The highest BCUT2D eigenvalue weighted by Gasteiger charge is 2.36. The van der Waals surface area contributed by atoms with Gasteiger partial charge in [-0.15, -0.1) is 0 Å². The number of hydrogen-bond donors (Lipinski definition) is 0. The van der Waals surface area contributed by atoms with Gasteiger partial charge in [-0.2, -0.15) is 0 Å². The molecule has 2 aromatic rings. The molecule has 3 fully saturated rings. The average Bonchev–Trinajstić information content (AvgIpc) is 3.02. The molecule has 2 atom stereocenters. The van der Waals surface area contributed by atoms with Crippen LogP contribution < -0.4 is 0 Å². The summed E-state index contributed by atoms with van der Waals surface area (Å²) in [5, 5.41) is 0.833. The quantitative estimate of drug-likeness (QED) is 0.577. The first-order valence-electron chi connectivity index (χ1n) is 9.46. The van der Waals surface area contributed by atoms with Crippen molar-refractivity contribution in [2.24, 2.45) is 5.92 Å². The zero-order chi connectivity index (χ0) is 18.6. The molecule has 5 heterocycles. The van der Waals surface area contributed by atoms with Crippen LogP contribution in [0.4, 0.5) is 0 Å². The Morgan fingerprint density at radius 3 is 2.70 bits per heavy atom. The summed E-state index contributed by atoms with van der Waals surface area (Å²) in [6, 6.07) is 0.370. The van der Waals surface area contributed by atoms with E-state index in [2.05, 4.69) is 31.8 Å². The standard InChI is InChI=1S/C19H24N6OS/c1-2-27-19-22-7-15(8-23-19)12-24-10-14-3-4-16(24)13-25(11-14)18(26)17-9-20-5-6-21-17/h5-9,14,16H,2-4,10-13H2,1H3. The maximum Gasteiger partial charge on any atom is 0.274 e. The van der Waals surface area contributed by atoms with E-state index in [0.29, 0.717) is 17.7 Å². The van der Waals surface area contributed by atoms with Gasteiger partial charge < -0.3 is 4.90 Å². The molecule has 0 aromatic carbocycles. The van der Waals surface area contributed by atoms with Gasteiger partial charge in [-0.05, 0) is 24.5 Å². The molecular weight excluding hydrogens is 360 g/mol. The van der Waals surface area contributed by atoms with E-state index in [1.54, 1.807) is 30.4 Å². The largest absolute Gasteiger partial charge is 0.335 e. The van der Waals surface area contributed by atoms with Crippen LogP contribution in [0.1, 0.15) is 35.8 Å². The van der Waals surface area contributed by atoms with Gasteiger partial charge in [0.2, 0.25) is 0 Å². The van der Waals surface area contributed by atoms with Gasteiger partial charge in [0, 0.05) is 62.6 Å². The normalized spacial score (nSPS) is 22.6. The molecule has 0 saturated carbocycles. The lowest BCUT2D eigenvalue weighted by atomic mass is 9.95.